The molecular weight excluding hydrogens is 290 g/mol. The SMILES string of the molecule is CC(=O)Nc1ccc(CN2CCCC(N3CCOCC3)C2)cc1. The quantitative estimate of drug-likeness (QED) is 0.922. The van der Waals surface area contributed by atoms with Gasteiger partial charge in [0.2, 0.25) is 5.91 Å². The molecule has 1 amide bonds. The summed E-state index contributed by atoms with van der Waals surface area (Å²) in [5.41, 5.74) is 2.17. The summed E-state index contributed by atoms with van der Waals surface area (Å²) in [6, 6.07) is 8.87. The van der Waals surface area contributed by atoms with Crippen molar-refractivity contribution >= 4 is 11.6 Å². The number of carbonyl (C=O) groups excluding carboxylic acids is 1. The molecule has 1 atom stereocenters. The van der Waals surface area contributed by atoms with Crippen molar-refractivity contribution in [2.24, 2.45) is 0 Å². The van der Waals surface area contributed by atoms with E-state index in [1.807, 2.05) is 12.1 Å². The smallest absolute Gasteiger partial charge is 0.221 e. The average molecular weight is 317 g/mol. The Morgan fingerprint density at radius 3 is 2.65 bits per heavy atom. The maximum Gasteiger partial charge on any atom is 0.221 e. The molecule has 3 rings (SSSR count). The van der Waals surface area contributed by atoms with E-state index in [0.717, 1.165) is 45.1 Å². The first-order valence-electron chi connectivity index (χ1n) is 8.61. The lowest BCUT2D eigenvalue weighted by Gasteiger charge is -2.41. The molecule has 2 aliphatic rings. The van der Waals surface area contributed by atoms with E-state index in [4.69, 9.17) is 4.74 Å². The molecule has 0 saturated carbocycles. The zero-order chi connectivity index (χ0) is 16.1. The molecule has 2 fully saturated rings. The fourth-order valence-electron chi connectivity index (χ4n) is 3.57. The molecule has 1 N–H and O–H groups in total. The van der Waals surface area contributed by atoms with Gasteiger partial charge in [0.05, 0.1) is 13.2 Å². The molecule has 0 radical (unpaired) electrons. The highest BCUT2D eigenvalue weighted by atomic mass is 16.5. The second-order valence-electron chi connectivity index (χ2n) is 6.56. The van der Waals surface area contributed by atoms with Gasteiger partial charge in [-0.2, -0.15) is 0 Å². The monoisotopic (exact) mass is 317 g/mol. The average Bonchev–Trinajstić information content (AvgIpc) is 2.57. The Morgan fingerprint density at radius 2 is 1.96 bits per heavy atom. The molecule has 5 heteroatoms. The number of amides is 1. The Morgan fingerprint density at radius 1 is 1.22 bits per heavy atom. The van der Waals surface area contributed by atoms with E-state index in [1.165, 1.54) is 31.9 Å². The Bertz CT molecular complexity index is 512. The number of morpholine rings is 1. The van der Waals surface area contributed by atoms with Crippen molar-refractivity contribution in [2.45, 2.75) is 32.4 Å². The summed E-state index contributed by atoms with van der Waals surface area (Å²) < 4.78 is 5.47. The normalized spacial score (nSPS) is 23.6. The van der Waals surface area contributed by atoms with Gasteiger partial charge in [0.25, 0.3) is 0 Å². The van der Waals surface area contributed by atoms with Crippen LogP contribution in [0.1, 0.15) is 25.3 Å². The molecule has 1 aromatic rings. The summed E-state index contributed by atoms with van der Waals surface area (Å²) in [6.45, 7) is 8.74. The van der Waals surface area contributed by atoms with E-state index in [-0.39, 0.29) is 5.91 Å². The third kappa shape index (κ3) is 4.77. The fraction of sp³-hybridized carbons (Fsp3) is 0.611. The molecule has 0 spiro atoms. The molecule has 1 aromatic carbocycles. The Balaban J connectivity index is 1.53. The first kappa shape index (κ1) is 16.4. The second kappa shape index (κ2) is 7.90. The van der Waals surface area contributed by atoms with Gasteiger partial charge in [-0.15, -0.1) is 0 Å². The molecule has 0 aliphatic carbocycles. The number of benzene rings is 1. The van der Waals surface area contributed by atoms with Crippen molar-refractivity contribution in [1.29, 1.82) is 0 Å². The highest BCUT2D eigenvalue weighted by Gasteiger charge is 2.26. The standard InChI is InChI=1S/C18H27N3O2/c1-15(22)19-17-6-4-16(5-7-17)13-20-8-2-3-18(14-20)21-9-11-23-12-10-21/h4-7,18H,2-3,8-14H2,1H3,(H,19,22). The first-order valence-corrected chi connectivity index (χ1v) is 8.61. The summed E-state index contributed by atoms with van der Waals surface area (Å²) in [6.07, 6.45) is 2.57. The number of rotatable bonds is 4. The van der Waals surface area contributed by atoms with E-state index in [9.17, 15) is 4.79 Å². The van der Waals surface area contributed by atoms with Crippen LogP contribution in [-0.2, 0) is 16.1 Å². The predicted molar refractivity (Wildman–Crippen MR) is 91.4 cm³/mol. The zero-order valence-corrected chi connectivity index (χ0v) is 14.0. The third-order valence-electron chi connectivity index (χ3n) is 4.72. The van der Waals surface area contributed by atoms with Crippen LogP contribution in [0.15, 0.2) is 24.3 Å². The van der Waals surface area contributed by atoms with Gasteiger partial charge in [0.15, 0.2) is 0 Å². The fourth-order valence-corrected chi connectivity index (χ4v) is 3.57. The van der Waals surface area contributed by atoms with Crippen LogP contribution in [0.4, 0.5) is 5.69 Å². The van der Waals surface area contributed by atoms with Crippen molar-refractivity contribution in [3.8, 4) is 0 Å². The Hall–Kier alpha value is -1.43. The number of hydrogen-bond donors (Lipinski definition) is 1. The summed E-state index contributed by atoms with van der Waals surface area (Å²) in [4.78, 5) is 16.2. The Kier molecular flexibility index (Phi) is 5.65. The minimum absolute atomic E-state index is 0.0258. The minimum atomic E-state index is -0.0258. The number of anilines is 1. The predicted octanol–water partition coefficient (Wildman–Crippen LogP) is 1.94. The Labute approximate surface area is 138 Å². The maximum atomic E-state index is 11.1. The van der Waals surface area contributed by atoms with Crippen LogP contribution in [0.3, 0.4) is 0 Å². The molecule has 2 saturated heterocycles. The van der Waals surface area contributed by atoms with Crippen molar-refractivity contribution < 1.29 is 9.53 Å². The number of nitrogens with zero attached hydrogens (tertiary/aromatic N) is 2. The second-order valence-corrected chi connectivity index (χ2v) is 6.56. The van der Waals surface area contributed by atoms with Gasteiger partial charge in [-0.05, 0) is 37.1 Å². The summed E-state index contributed by atoms with van der Waals surface area (Å²) >= 11 is 0. The van der Waals surface area contributed by atoms with Crippen molar-refractivity contribution in [3.63, 3.8) is 0 Å². The molecule has 126 valence electrons. The number of likely N-dealkylation sites (tertiary alicyclic amines) is 1. The van der Waals surface area contributed by atoms with E-state index in [0.29, 0.717) is 6.04 Å². The maximum absolute atomic E-state index is 11.1. The number of hydrogen-bond acceptors (Lipinski definition) is 4. The summed E-state index contributed by atoms with van der Waals surface area (Å²) in [5, 5.41) is 2.81. The largest absolute Gasteiger partial charge is 0.379 e. The molecule has 2 heterocycles. The van der Waals surface area contributed by atoms with E-state index < -0.39 is 0 Å². The number of piperidine rings is 1. The van der Waals surface area contributed by atoms with Gasteiger partial charge in [-0.1, -0.05) is 12.1 Å². The van der Waals surface area contributed by atoms with Crippen LogP contribution in [-0.4, -0.2) is 61.1 Å². The molecule has 2 aliphatic heterocycles. The molecular formula is C18H27N3O2. The van der Waals surface area contributed by atoms with Crippen LogP contribution in [0.5, 0.6) is 0 Å². The lowest BCUT2D eigenvalue weighted by Crippen LogP contribution is -2.51. The van der Waals surface area contributed by atoms with Gasteiger partial charge in [0.1, 0.15) is 0 Å². The van der Waals surface area contributed by atoms with Crippen LogP contribution in [0, 0.1) is 0 Å². The number of nitrogens with one attached hydrogen (secondary N) is 1. The lowest BCUT2D eigenvalue weighted by molar-refractivity contribution is -0.114. The van der Waals surface area contributed by atoms with Crippen LogP contribution in [0.2, 0.25) is 0 Å². The minimum Gasteiger partial charge on any atom is -0.379 e. The van der Waals surface area contributed by atoms with Gasteiger partial charge in [-0.25, -0.2) is 0 Å². The number of carbonyl (C=O) groups is 1. The molecule has 1 unspecified atom stereocenters. The number of ether oxygens (including phenoxy) is 1. The summed E-state index contributed by atoms with van der Waals surface area (Å²) in [5.74, 6) is -0.0258. The van der Waals surface area contributed by atoms with E-state index in [1.54, 1.807) is 0 Å². The lowest BCUT2D eigenvalue weighted by atomic mass is 10.0. The van der Waals surface area contributed by atoms with Crippen LogP contribution < -0.4 is 5.32 Å². The molecule has 5 nitrogen and oxygen atoms in total. The van der Waals surface area contributed by atoms with Crippen molar-refractivity contribution in [1.82, 2.24) is 9.80 Å². The van der Waals surface area contributed by atoms with Crippen LogP contribution in [0.25, 0.3) is 0 Å². The van der Waals surface area contributed by atoms with Gasteiger partial charge in [0, 0.05) is 44.8 Å². The molecule has 0 aromatic heterocycles. The molecule has 0 bridgehead atoms. The zero-order valence-electron chi connectivity index (χ0n) is 14.0. The molecule has 23 heavy (non-hydrogen) atoms. The first-order chi connectivity index (χ1) is 11.2. The van der Waals surface area contributed by atoms with Gasteiger partial charge >= 0.3 is 0 Å². The van der Waals surface area contributed by atoms with Crippen molar-refractivity contribution in [2.75, 3.05) is 44.7 Å². The third-order valence-corrected chi connectivity index (χ3v) is 4.72. The van der Waals surface area contributed by atoms with Crippen LogP contribution >= 0.6 is 0 Å². The van der Waals surface area contributed by atoms with Gasteiger partial charge < -0.3 is 10.1 Å². The van der Waals surface area contributed by atoms with E-state index in [2.05, 4.69) is 27.2 Å². The van der Waals surface area contributed by atoms with Crippen molar-refractivity contribution in [3.05, 3.63) is 29.8 Å². The topological polar surface area (TPSA) is 44.8 Å². The summed E-state index contributed by atoms with van der Waals surface area (Å²) in [7, 11) is 0. The highest BCUT2D eigenvalue weighted by Crippen LogP contribution is 2.19. The highest BCUT2D eigenvalue weighted by molar-refractivity contribution is 5.88. The van der Waals surface area contributed by atoms with Gasteiger partial charge in [-0.3, -0.25) is 14.6 Å². The van der Waals surface area contributed by atoms with E-state index >= 15 is 0 Å².